The summed E-state index contributed by atoms with van der Waals surface area (Å²) in [4.78, 5) is 11.6. The molecule has 5 nitrogen and oxygen atoms in total. The Labute approximate surface area is 125 Å². The van der Waals surface area contributed by atoms with Crippen molar-refractivity contribution in [3.63, 3.8) is 0 Å². The van der Waals surface area contributed by atoms with E-state index in [0.29, 0.717) is 18.3 Å². The van der Waals surface area contributed by atoms with Gasteiger partial charge in [-0.2, -0.15) is 0 Å². The molecule has 0 aromatic heterocycles. The standard InChI is InChI=1S/C16H24N2O3/c1-16(2,3)21-15(20)18-13-8-12(9-13)17-10-11-6-4-5-7-14(11)19/h4-7,12-13,17,19H,8-10H2,1-3H3,(H,18,20). The third-order valence-corrected chi connectivity index (χ3v) is 3.43. The number of hydrogen-bond acceptors (Lipinski definition) is 4. The number of nitrogens with one attached hydrogen (secondary N) is 2. The van der Waals surface area contributed by atoms with Crippen molar-refractivity contribution in [3.05, 3.63) is 29.8 Å². The van der Waals surface area contributed by atoms with Gasteiger partial charge in [0.1, 0.15) is 11.4 Å². The fourth-order valence-electron chi connectivity index (χ4n) is 2.29. The first kappa shape index (κ1) is 15.6. The number of hydrogen-bond donors (Lipinski definition) is 3. The molecule has 1 aromatic rings. The Morgan fingerprint density at radius 3 is 2.57 bits per heavy atom. The summed E-state index contributed by atoms with van der Waals surface area (Å²) >= 11 is 0. The first-order valence-electron chi connectivity index (χ1n) is 7.33. The monoisotopic (exact) mass is 292 g/mol. The molecule has 0 unspecified atom stereocenters. The van der Waals surface area contributed by atoms with E-state index in [4.69, 9.17) is 4.74 Å². The molecule has 0 heterocycles. The molecular weight excluding hydrogens is 268 g/mol. The molecule has 5 heteroatoms. The van der Waals surface area contributed by atoms with Gasteiger partial charge < -0.3 is 20.5 Å². The number of carbonyl (C=O) groups is 1. The van der Waals surface area contributed by atoms with Gasteiger partial charge in [0, 0.05) is 24.2 Å². The SMILES string of the molecule is CC(C)(C)OC(=O)NC1CC(NCc2ccccc2O)C1. The molecule has 21 heavy (non-hydrogen) atoms. The van der Waals surface area contributed by atoms with Gasteiger partial charge in [0.15, 0.2) is 0 Å². The van der Waals surface area contributed by atoms with Crippen LogP contribution in [0.1, 0.15) is 39.2 Å². The maximum absolute atomic E-state index is 11.6. The van der Waals surface area contributed by atoms with Crippen LogP contribution in [0, 0.1) is 0 Å². The van der Waals surface area contributed by atoms with E-state index in [9.17, 15) is 9.90 Å². The molecule has 1 fully saturated rings. The number of ether oxygens (including phenoxy) is 1. The number of aromatic hydroxyl groups is 1. The second kappa shape index (κ2) is 6.35. The maximum Gasteiger partial charge on any atom is 0.407 e. The van der Waals surface area contributed by atoms with Crippen molar-refractivity contribution in [2.75, 3.05) is 0 Å². The third kappa shape index (κ3) is 4.93. The van der Waals surface area contributed by atoms with Crippen LogP contribution < -0.4 is 10.6 Å². The van der Waals surface area contributed by atoms with Gasteiger partial charge in [-0.3, -0.25) is 0 Å². The van der Waals surface area contributed by atoms with Crippen molar-refractivity contribution in [1.29, 1.82) is 0 Å². The Kier molecular flexibility index (Phi) is 4.73. The molecule has 0 radical (unpaired) electrons. The number of phenolic OH excluding ortho intramolecular Hbond substituents is 1. The molecule has 0 aliphatic heterocycles. The van der Waals surface area contributed by atoms with Gasteiger partial charge in [-0.05, 0) is 39.7 Å². The van der Waals surface area contributed by atoms with E-state index in [1.54, 1.807) is 6.07 Å². The van der Waals surface area contributed by atoms with Crippen LogP contribution in [0.15, 0.2) is 24.3 Å². The van der Waals surface area contributed by atoms with Crippen LogP contribution in [-0.4, -0.2) is 28.9 Å². The Morgan fingerprint density at radius 2 is 1.95 bits per heavy atom. The number of carbonyl (C=O) groups excluding carboxylic acids is 1. The van der Waals surface area contributed by atoms with Gasteiger partial charge in [0.2, 0.25) is 0 Å². The molecule has 3 N–H and O–H groups in total. The first-order valence-corrected chi connectivity index (χ1v) is 7.33. The van der Waals surface area contributed by atoms with Gasteiger partial charge in [-0.15, -0.1) is 0 Å². The lowest BCUT2D eigenvalue weighted by atomic mass is 9.86. The van der Waals surface area contributed by atoms with E-state index in [1.807, 2.05) is 39.0 Å². The summed E-state index contributed by atoms with van der Waals surface area (Å²) in [5.41, 5.74) is 0.428. The molecule has 0 bridgehead atoms. The highest BCUT2D eigenvalue weighted by Crippen LogP contribution is 2.22. The largest absolute Gasteiger partial charge is 0.508 e. The normalized spacial score (nSPS) is 21.5. The van der Waals surface area contributed by atoms with E-state index in [1.165, 1.54) is 0 Å². The van der Waals surface area contributed by atoms with Crippen LogP contribution in [0.3, 0.4) is 0 Å². The minimum Gasteiger partial charge on any atom is -0.508 e. The van der Waals surface area contributed by atoms with Gasteiger partial charge in [0.05, 0.1) is 0 Å². The van der Waals surface area contributed by atoms with Crippen LogP contribution >= 0.6 is 0 Å². The van der Waals surface area contributed by atoms with Crippen LogP contribution in [0.5, 0.6) is 5.75 Å². The fourth-order valence-corrected chi connectivity index (χ4v) is 2.29. The lowest BCUT2D eigenvalue weighted by Gasteiger charge is -2.36. The van der Waals surface area contributed by atoms with Crippen molar-refractivity contribution in [3.8, 4) is 5.75 Å². The maximum atomic E-state index is 11.6. The third-order valence-electron chi connectivity index (χ3n) is 3.43. The highest BCUT2D eigenvalue weighted by Gasteiger charge is 2.31. The zero-order chi connectivity index (χ0) is 15.5. The van der Waals surface area contributed by atoms with Gasteiger partial charge >= 0.3 is 6.09 Å². The highest BCUT2D eigenvalue weighted by atomic mass is 16.6. The highest BCUT2D eigenvalue weighted by molar-refractivity contribution is 5.68. The van der Waals surface area contributed by atoms with Crippen molar-refractivity contribution in [2.24, 2.45) is 0 Å². The van der Waals surface area contributed by atoms with E-state index in [2.05, 4.69) is 10.6 Å². The summed E-state index contributed by atoms with van der Waals surface area (Å²) in [6, 6.07) is 7.83. The first-order chi connectivity index (χ1) is 9.83. The summed E-state index contributed by atoms with van der Waals surface area (Å²) in [7, 11) is 0. The van der Waals surface area contributed by atoms with Crippen molar-refractivity contribution in [2.45, 2.75) is 57.8 Å². The van der Waals surface area contributed by atoms with Crippen molar-refractivity contribution >= 4 is 6.09 Å². The Bertz CT molecular complexity index is 491. The topological polar surface area (TPSA) is 70.6 Å². The second-order valence-corrected chi connectivity index (χ2v) is 6.52. The molecule has 2 rings (SSSR count). The number of rotatable bonds is 4. The van der Waals surface area contributed by atoms with Crippen LogP contribution in [0.25, 0.3) is 0 Å². The summed E-state index contributed by atoms with van der Waals surface area (Å²) < 4.78 is 5.22. The van der Waals surface area contributed by atoms with E-state index < -0.39 is 5.60 Å². The van der Waals surface area contributed by atoms with Crippen LogP contribution in [0.4, 0.5) is 4.79 Å². The predicted octanol–water partition coefficient (Wildman–Crippen LogP) is 2.54. The predicted molar refractivity (Wildman–Crippen MR) is 81.1 cm³/mol. The minimum absolute atomic E-state index is 0.168. The molecule has 0 saturated heterocycles. The van der Waals surface area contributed by atoms with Crippen molar-refractivity contribution in [1.82, 2.24) is 10.6 Å². The summed E-state index contributed by atoms with van der Waals surface area (Å²) in [5, 5.41) is 15.9. The summed E-state index contributed by atoms with van der Waals surface area (Å²) in [6.07, 6.45) is 1.41. The molecule has 1 saturated carbocycles. The zero-order valence-corrected chi connectivity index (χ0v) is 12.8. The Morgan fingerprint density at radius 1 is 1.29 bits per heavy atom. The number of amides is 1. The van der Waals surface area contributed by atoms with Crippen LogP contribution in [-0.2, 0) is 11.3 Å². The van der Waals surface area contributed by atoms with Crippen LogP contribution in [0.2, 0.25) is 0 Å². The average Bonchev–Trinajstić information content (AvgIpc) is 2.31. The van der Waals surface area contributed by atoms with E-state index >= 15 is 0 Å². The van der Waals surface area contributed by atoms with Gasteiger partial charge in [0.25, 0.3) is 0 Å². The smallest absolute Gasteiger partial charge is 0.407 e. The van der Waals surface area contributed by atoms with Gasteiger partial charge in [-0.1, -0.05) is 18.2 Å². The minimum atomic E-state index is -0.462. The number of para-hydroxylation sites is 1. The lowest BCUT2D eigenvalue weighted by molar-refractivity contribution is 0.0465. The average molecular weight is 292 g/mol. The summed E-state index contributed by atoms with van der Waals surface area (Å²) in [5.74, 6) is 0.313. The number of benzene rings is 1. The molecule has 0 spiro atoms. The summed E-state index contributed by atoms with van der Waals surface area (Å²) in [6.45, 7) is 6.19. The fraction of sp³-hybridized carbons (Fsp3) is 0.562. The second-order valence-electron chi connectivity index (χ2n) is 6.52. The molecule has 1 amide bonds. The Hall–Kier alpha value is -1.75. The molecule has 1 aliphatic rings. The van der Waals surface area contributed by atoms with Gasteiger partial charge in [-0.25, -0.2) is 4.79 Å². The molecule has 116 valence electrons. The quantitative estimate of drug-likeness (QED) is 0.797. The van der Waals surface area contributed by atoms with E-state index in [-0.39, 0.29) is 12.1 Å². The lowest BCUT2D eigenvalue weighted by Crippen LogP contribution is -2.52. The number of alkyl carbamates (subject to hydrolysis) is 1. The molecule has 0 atom stereocenters. The molecule has 1 aliphatic carbocycles. The van der Waals surface area contributed by atoms with E-state index in [0.717, 1.165) is 18.4 Å². The zero-order valence-electron chi connectivity index (χ0n) is 12.8. The van der Waals surface area contributed by atoms with Crippen molar-refractivity contribution < 1.29 is 14.6 Å². The Balaban J connectivity index is 1.66. The molecule has 1 aromatic carbocycles. The molecular formula is C16H24N2O3. The number of phenols is 1.